The fraction of sp³-hybridized carbons (Fsp3) is 0.462. The molecule has 1 N–H and O–H groups in total. The van der Waals surface area contributed by atoms with Crippen LogP contribution in [0.3, 0.4) is 0 Å². The molecule has 0 bridgehead atoms. The van der Waals surface area contributed by atoms with Gasteiger partial charge in [-0.05, 0) is 54.9 Å². The summed E-state index contributed by atoms with van der Waals surface area (Å²) in [5, 5.41) is 2.85. The first kappa shape index (κ1) is 16.9. The number of nitrogens with zero attached hydrogens (tertiary/aromatic N) is 1. The zero-order valence-electron chi connectivity index (χ0n) is 11.1. The second-order valence-electron chi connectivity index (χ2n) is 4.30. The Hall–Kier alpha value is -0.180. The van der Waals surface area contributed by atoms with Crippen LogP contribution in [0.5, 0.6) is 0 Å². The minimum atomic E-state index is -0.0677. The number of amides is 1. The molecule has 106 valence electrons. The summed E-state index contributed by atoms with van der Waals surface area (Å²) in [7, 11) is 4.00. The molecule has 6 heteroatoms. The Kier molecular flexibility index (Phi) is 7.89. The maximum atomic E-state index is 12.0. The normalized spacial score (nSPS) is 10.8. The molecule has 1 aromatic rings. The van der Waals surface area contributed by atoms with E-state index in [0.717, 1.165) is 14.6 Å². The van der Waals surface area contributed by atoms with E-state index >= 15 is 0 Å². The van der Waals surface area contributed by atoms with Crippen LogP contribution >= 0.6 is 38.5 Å². The first-order valence-electron chi connectivity index (χ1n) is 5.96. The second kappa shape index (κ2) is 8.89. The second-order valence-corrected chi connectivity index (χ2v) is 6.37. The van der Waals surface area contributed by atoms with E-state index in [1.165, 1.54) is 0 Å². The minimum absolute atomic E-state index is 0.0677. The number of halogens is 2. The molecular weight excluding hydrogens is 423 g/mol. The number of carbonyl (C=O) groups excluding carboxylic acids is 1. The lowest BCUT2D eigenvalue weighted by Crippen LogP contribution is -2.28. The Labute approximate surface area is 136 Å². The zero-order chi connectivity index (χ0) is 14.3. The minimum Gasteiger partial charge on any atom is -0.378 e. The highest BCUT2D eigenvalue weighted by Crippen LogP contribution is 2.18. The first-order chi connectivity index (χ1) is 9.00. The molecule has 0 unspecified atom stereocenters. The number of carbonyl (C=O) groups is 1. The molecule has 1 rings (SSSR count). The fourth-order valence-corrected chi connectivity index (χ4v) is 2.29. The van der Waals surface area contributed by atoms with Gasteiger partial charge in [-0.25, -0.2) is 0 Å². The van der Waals surface area contributed by atoms with Crippen molar-refractivity contribution in [2.24, 2.45) is 0 Å². The van der Waals surface area contributed by atoms with Crippen LogP contribution in [0.4, 0.5) is 0 Å². The van der Waals surface area contributed by atoms with Gasteiger partial charge in [-0.3, -0.25) is 4.79 Å². The molecule has 0 aromatic heterocycles. The molecule has 0 aliphatic heterocycles. The van der Waals surface area contributed by atoms with E-state index in [4.69, 9.17) is 4.74 Å². The quantitative estimate of drug-likeness (QED) is 0.522. The first-order valence-corrected chi connectivity index (χ1v) is 7.83. The van der Waals surface area contributed by atoms with E-state index in [0.29, 0.717) is 25.3 Å². The SMILES string of the molecule is CN(C)CCOCCNC(=O)c1cc(Br)ccc1I. The summed E-state index contributed by atoms with van der Waals surface area (Å²) in [6, 6.07) is 5.65. The van der Waals surface area contributed by atoms with Gasteiger partial charge in [0.1, 0.15) is 0 Å². The van der Waals surface area contributed by atoms with Crippen molar-refractivity contribution in [2.45, 2.75) is 0 Å². The lowest BCUT2D eigenvalue weighted by atomic mass is 10.2. The van der Waals surface area contributed by atoms with Crippen molar-refractivity contribution in [1.82, 2.24) is 10.2 Å². The third-order valence-electron chi connectivity index (χ3n) is 2.39. The highest BCUT2D eigenvalue weighted by atomic mass is 127. The van der Waals surface area contributed by atoms with Gasteiger partial charge in [0.05, 0.1) is 18.8 Å². The Bertz CT molecular complexity index is 427. The van der Waals surface area contributed by atoms with Gasteiger partial charge in [-0.1, -0.05) is 15.9 Å². The lowest BCUT2D eigenvalue weighted by Gasteiger charge is -2.10. The van der Waals surface area contributed by atoms with E-state index in [-0.39, 0.29) is 5.91 Å². The van der Waals surface area contributed by atoms with Crippen LogP contribution in [-0.4, -0.2) is 51.2 Å². The predicted molar refractivity (Wildman–Crippen MR) is 88.6 cm³/mol. The van der Waals surface area contributed by atoms with Crippen LogP contribution in [0.25, 0.3) is 0 Å². The third kappa shape index (κ3) is 6.69. The average Bonchev–Trinajstić information content (AvgIpc) is 2.36. The van der Waals surface area contributed by atoms with E-state index in [1.807, 2.05) is 32.3 Å². The van der Waals surface area contributed by atoms with Crippen LogP contribution in [0.2, 0.25) is 0 Å². The monoisotopic (exact) mass is 440 g/mol. The summed E-state index contributed by atoms with van der Waals surface area (Å²) >= 11 is 5.52. The highest BCUT2D eigenvalue weighted by Gasteiger charge is 2.09. The van der Waals surface area contributed by atoms with Crippen LogP contribution in [0.1, 0.15) is 10.4 Å². The highest BCUT2D eigenvalue weighted by molar-refractivity contribution is 14.1. The number of hydrogen-bond acceptors (Lipinski definition) is 3. The molecule has 0 fully saturated rings. The number of ether oxygens (including phenoxy) is 1. The summed E-state index contributed by atoms with van der Waals surface area (Å²) in [6.45, 7) is 2.62. The van der Waals surface area contributed by atoms with E-state index in [9.17, 15) is 4.79 Å². The maximum Gasteiger partial charge on any atom is 0.252 e. The van der Waals surface area contributed by atoms with Crippen LogP contribution in [-0.2, 0) is 4.74 Å². The fourth-order valence-electron chi connectivity index (χ4n) is 1.35. The largest absolute Gasteiger partial charge is 0.378 e. The molecule has 0 radical (unpaired) electrons. The smallest absolute Gasteiger partial charge is 0.252 e. The number of nitrogens with one attached hydrogen (secondary N) is 1. The van der Waals surface area contributed by atoms with E-state index < -0.39 is 0 Å². The van der Waals surface area contributed by atoms with Crippen LogP contribution in [0.15, 0.2) is 22.7 Å². The third-order valence-corrected chi connectivity index (χ3v) is 3.82. The number of likely N-dealkylation sites (N-methyl/N-ethyl adjacent to an activating group) is 1. The van der Waals surface area contributed by atoms with Gasteiger partial charge in [0.15, 0.2) is 0 Å². The van der Waals surface area contributed by atoms with Crippen molar-refractivity contribution >= 4 is 44.4 Å². The maximum absolute atomic E-state index is 12.0. The van der Waals surface area contributed by atoms with Crippen molar-refractivity contribution in [3.63, 3.8) is 0 Å². The molecule has 1 aromatic carbocycles. The number of benzene rings is 1. The molecule has 0 saturated heterocycles. The van der Waals surface area contributed by atoms with Crippen molar-refractivity contribution in [1.29, 1.82) is 0 Å². The van der Waals surface area contributed by atoms with Crippen LogP contribution in [0, 0.1) is 3.57 Å². The molecule has 19 heavy (non-hydrogen) atoms. The molecule has 0 saturated carbocycles. The summed E-state index contributed by atoms with van der Waals surface area (Å²) in [6.07, 6.45) is 0. The van der Waals surface area contributed by atoms with Gasteiger partial charge >= 0.3 is 0 Å². The Balaban J connectivity index is 2.29. The molecule has 0 aliphatic carbocycles. The topological polar surface area (TPSA) is 41.6 Å². The molecular formula is C13H18BrIN2O2. The average molecular weight is 441 g/mol. The van der Waals surface area contributed by atoms with E-state index in [2.05, 4.69) is 48.7 Å². The molecule has 0 atom stereocenters. The van der Waals surface area contributed by atoms with Crippen LogP contribution < -0.4 is 5.32 Å². The van der Waals surface area contributed by atoms with Gasteiger partial charge < -0.3 is 15.0 Å². The van der Waals surface area contributed by atoms with Crippen molar-refractivity contribution in [3.8, 4) is 0 Å². The van der Waals surface area contributed by atoms with Crippen molar-refractivity contribution in [3.05, 3.63) is 31.8 Å². The van der Waals surface area contributed by atoms with Gasteiger partial charge in [0, 0.05) is 21.1 Å². The molecule has 0 spiro atoms. The predicted octanol–water partition coefficient (Wildman–Crippen LogP) is 2.36. The molecule has 4 nitrogen and oxygen atoms in total. The summed E-state index contributed by atoms with van der Waals surface area (Å²) in [4.78, 5) is 14.0. The number of hydrogen-bond donors (Lipinski definition) is 1. The Morgan fingerprint density at radius 3 is 2.84 bits per heavy atom. The van der Waals surface area contributed by atoms with Crippen molar-refractivity contribution in [2.75, 3.05) is 40.4 Å². The lowest BCUT2D eigenvalue weighted by molar-refractivity contribution is 0.0899. The van der Waals surface area contributed by atoms with Gasteiger partial charge in [0.2, 0.25) is 0 Å². The zero-order valence-corrected chi connectivity index (χ0v) is 14.8. The van der Waals surface area contributed by atoms with Gasteiger partial charge in [-0.15, -0.1) is 0 Å². The summed E-state index contributed by atoms with van der Waals surface area (Å²) in [5.74, 6) is -0.0677. The van der Waals surface area contributed by atoms with Gasteiger partial charge in [0.25, 0.3) is 5.91 Å². The summed E-state index contributed by atoms with van der Waals surface area (Å²) in [5.41, 5.74) is 0.684. The van der Waals surface area contributed by atoms with E-state index in [1.54, 1.807) is 0 Å². The molecule has 1 amide bonds. The molecule has 0 heterocycles. The molecule has 0 aliphatic rings. The van der Waals surface area contributed by atoms with Crippen molar-refractivity contribution < 1.29 is 9.53 Å². The summed E-state index contributed by atoms with van der Waals surface area (Å²) < 4.78 is 7.26. The Morgan fingerprint density at radius 1 is 1.42 bits per heavy atom. The standard InChI is InChI=1S/C13H18BrIN2O2/c1-17(2)6-8-19-7-5-16-13(18)11-9-10(14)3-4-12(11)15/h3-4,9H,5-8H2,1-2H3,(H,16,18). The van der Waals surface area contributed by atoms with Gasteiger partial charge in [-0.2, -0.15) is 0 Å². The number of rotatable bonds is 7. The Morgan fingerprint density at radius 2 is 2.16 bits per heavy atom.